The maximum atomic E-state index is 11.4. The first-order chi connectivity index (χ1) is 17.0. The number of pyridine rings is 1. The number of ether oxygens (including phenoxy) is 1. The summed E-state index contributed by atoms with van der Waals surface area (Å²) in [5, 5.41) is 10.1. The van der Waals surface area contributed by atoms with Crippen LogP contribution in [-0.4, -0.2) is 58.0 Å². The highest BCUT2D eigenvalue weighted by molar-refractivity contribution is 7.51. The van der Waals surface area contributed by atoms with Crippen molar-refractivity contribution in [2.75, 3.05) is 24.4 Å². The van der Waals surface area contributed by atoms with Gasteiger partial charge in [0.05, 0.1) is 36.6 Å². The van der Waals surface area contributed by atoms with E-state index in [0.717, 1.165) is 33.0 Å². The number of aromatic nitrogens is 5. The SMILES string of the molecule is CC(C)Cn1cnc2c(N)nc3ccccc3c21.Nc1ccn(C[C@@H](CO)OCP(=O)(O)O)c(=O)n1. The normalized spacial score (nSPS) is 12.6. The predicted octanol–water partition coefficient (Wildman–Crippen LogP) is 1.16. The lowest BCUT2D eigenvalue weighted by Gasteiger charge is -2.16. The highest BCUT2D eigenvalue weighted by Crippen LogP contribution is 2.34. The van der Waals surface area contributed by atoms with Crippen molar-refractivity contribution in [1.29, 1.82) is 0 Å². The van der Waals surface area contributed by atoms with Crippen molar-refractivity contribution in [3.8, 4) is 0 Å². The maximum Gasteiger partial charge on any atom is 0.350 e. The fraction of sp³-hybridized carbons (Fsp3) is 0.364. The Morgan fingerprint density at radius 3 is 2.44 bits per heavy atom. The second-order valence-corrected chi connectivity index (χ2v) is 10.1. The molecule has 7 N–H and O–H groups in total. The van der Waals surface area contributed by atoms with Crippen LogP contribution in [0.4, 0.5) is 11.6 Å². The van der Waals surface area contributed by atoms with Gasteiger partial charge in [-0.15, -0.1) is 0 Å². The highest BCUT2D eigenvalue weighted by Gasteiger charge is 2.18. The van der Waals surface area contributed by atoms with Gasteiger partial charge in [-0.25, -0.2) is 14.8 Å². The van der Waals surface area contributed by atoms with Gasteiger partial charge in [0, 0.05) is 18.1 Å². The third-order valence-corrected chi connectivity index (χ3v) is 5.51. The minimum Gasteiger partial charge on any atom is -0.394 e. The lowest BCUT2D eigenvalue weighted by atomic mass is 10.1. The summed E-state index contributed by atoms with van der Waals surface area (Å²) in [5.41, 5.74) is 13.5. The molecule has 3 heterocycles. The molecule has 1 aromatic carbocycles. The summed E-state index contributed by atoms with van der Waals surface area (Å²) in [6, 6.07) is 9.44. The Morgan fingerprint density at radius 2 is 1.81 bits per heavy atom. The van der Waals surface area contributed by atoms with Gasteiger partial charge in [0.2, 0.25) is 0 Å². The molecule has 14 heteroatoms. The number of nitrogen functional groups attached to an aromatic ring is 2. The van der Waals surface area contributed by atoms with Gasteiger partial charge >= 0.3 is 13.3 Å². The van der Waals surface area contributed by atoms with E-state index in [4.69, 9.17) is 31.1 Å². The van der Waals surface area contributed by atoms with E-state index in [2.05, 4.69) is 39.4 Å². The Morgan fingerprint density at radius 1 is 1.08 bits per heavy atom. The van der Waals surface area contributed by atoms with Gasteiger partial charge in [0.1, 0.15) is 17.7 Å². The monoisotopic (exact) mass is 519 g/mol. The molecule has 0 fully saturated rings. The Hall–Kier alpha value is -3.35. The quantitative estimate of drug-likeness (QED) is 0.209. The third-order valence-electron chi connectivity index (χ3n) is 5.02. The van der Waals surface area contributed by atoms with Crippen LogP contribution in [0.5, 0.6) is 0 Å². The van der Waals surface area contributed by atoms with Gasteiger partial charge in [-0.2, -0.15) is 4.98 Å². The van der Waals surface area contributed by atoms with Gasteiger partial charge in [-0.1, -0.05) is 32.0 Å². The molecule has 0 radical (unpaired) electrons. The molecule has 1 atom stereocenters. The molecular formula is C22H30N7O6P. The number of para-hydroxylation sites is 1. The minimum atomic E-state index is -4.31. The lowest BCUT2D eigenvalue weighted by molar-refractivity contribution is 0.0188. The number of fused-ring (bicyclic) bond motifs is 3. The Kier molecular flexibility index (Phi) is 8.77. The number of hydrogen-bond donors (Lipinski definition) is 5. The van der Waals surface area contributed by atoms with E-state index in [-0.39, 0.29) is 12.4 Å². The summed E-state index contributed by atoms with van der Waals surface area (Å²) in [4.78, 5) is 40.9. The number of aliphatic hydroxyl groups is 1. The smallest absolute Gasteiger partial charge is 0.350 e. The summed E-state index contributed by atoms with van der Waals surface area (Å²) in [5.74, 6) is 1.13. The zero-order valence-electron chi connectivity index (χ0n) is 19.9. The van der Waals surface area contributed by atoms with Crippen LogP contribution in [0, 0.1) is 5.92 Å². The molecule has 4 aromatic rings. The molecule has 4 rings (SSSR count). The molecule has 0 amide bonds. The molecule has 3 aromatic heterocycles. The van der Waals surface area contributed by atoms with Crippen molar-refractivity contribution in [3.05, 3.63) is 53.3 Å². The number of benzene rings is 1. The van der Waals surface area contributed by atoms with Gasteiger partial charge in [0.25, 0.3) is 0 Å². The van der Waals surface area contributed by atoms with Crippen LogP contribution in [-0.2, 0) is 22.4 Å². The first-order valence-corrected chi connectivity index (χ1v) is 12.9. The van der Waals surface area contributed by atoms with E-state index >= 15 is 0 Å². The standard InChI is InChI=1S/C14H16N4.C8H14N3O6P/c1-9(2)7-18-8-16-12-13(18)10-5-3-4-6-11(10)17-14(12)15;9-7-1-2-11(8(13)10-7)3-6(4-12)17-5-18(14,15)16/h3-6,8-9H,7H2,1-2H3,(H2,15,17);1-2,6,12H,3-5H2,(H2,9,10,13)(H2,14,15,16)/t;6-/m.0/s1. The van der Waals surface area contributed by atoms with Crippen LogP contribution in [0.25, 0.3) is 21.9 Å². The zero-order valence-corrected chi connectivity index (χ0v) is 20.8. The molecule has 0 saturated carbocycles. The summed E-state index contributed by atoms with van der Waals surface area (Å²) in [6.45, 7) is 4.75. The number of anilines is 2. The molecule has 0 aliphatic heterocycles. The van der Waals surface area contributed by atoms with Gasteiger partial charge in [0.15, 0.2) is 5.82 Å². The van der Waals surface area contributed by atoms with E-state index < -0.39 is 32.3 Å². The van der Waals surface area contributed by atoms with Crippen LogP contribution in [0.1, 0.15) is 13.8 Å². The van der Waals surface area contributed by atoms with Crippen molar-refractivity contribution in [1.82, 2.24) is 24.1 Å². The van der Waals surface area contributed by atoms with Gasteiger partial charge in [-0.3, -0.25) is 9.13 Å². The second kappa shape index (κ2) is 11.6. The largest absolute Gasteiger partial charge is 0.394 e. The number of nitrogens with two attached hydrogens (primary N) is 2. The Bertz CT molecular complexity index is 1430. The van der Waals surface area contributed by atoms with Crippen LogP contribution in [0.2, 0.25) is 0 Å². The molecule has 36 heavy (non-hydrogen) atoms. The van der Waals surface area contributed by atoms with Crippen LogP contribution in [0.3, 0.4) is 0 Å². The van der Waals surface area contributed by atoms with Crippen LogP contribution < -0.4 is 17.2 Å². The first-order valence-electron chi connectivity index (χ1n) is 11.1. The highest BCUT2D eigenvalue weighted by atomic mass is 31.2. The molecule has 0 saturated heterocycles. The van der Waals surface area contributed by atoms with Crippen LogP contribution >= 0.6 is 7.60 Å². The summed E-state index contributed by atoms with van der Waals surface area (Å²) >= 11 is 0. The minimum absolute atomic E-state index is 0.0629. The van der Waals surface area contributed by atoms with Crippen molar-refractivity contribution in [2.24, 2.45) is 5.92 Å². The van der Waals surface area contributed by atoms with E-state index in [1.54, 1.807) is 0 Å². The number of aliphatic hydroxyl groups excluding tert-OH is 1. The predicted molar refractivity (Wildman–Crippen MR) is 136 cm³/mol. The molecule has 0 unspecified atom stereocenters. The average molecular weight is 519 g/mol. The molecule has 0 spiro atoms. The number of nitrogens with zero attached hydrogens (tertiary/aromatic N) is 5. The van der Waals surface area contributed by atoms with E-state index in [0.29, 0.717) is 11.7 Å². The Labute approximate surface area is 206 Å². The van der Waals surface area contributed by atoms with Gasteiger partial charge < -0.3 is 35.7 Å². The fourth-order valence-corrected chi connectivity index (χ4v) is 3.91. The molecular weight excluding hydrogens is 489 g/mol. The van der Waals surface area contributed by atoms with Crippen molar-refractivity contribution in [3.63, 3.8) is 0 Å². The van der Waals surface area contributed by atoms with E-state index in [9.17, 15) is 9.36 Å². The molecule has 0 bridgehead atoms. The second-order valence-electron chi connectivity index (χ2n) is 8.55. The van der Waals surface area contributed by atoms with E-state index in [1.807, 2.05) is 24.5 Å². The fourth-order valence-electron chi connectivity index (χ4n) is 3.50. The molecule has 194 valence electrons. The summed E-state index contributed by atoms with van der Waals surface area (Å²) in [6.07, 6.45) is 1.47. The van der Waals surface area contributed by atoms with Crippen molar-refractivity contribution in [2.45, 2.75) is 33.0 Å². The third kappa shape index (κ3) is 7.09. The Balaban J connectivity index is 0.000000201. The molecule has 0 aliphatic rings. The number of hydrogen-bond acceptors (Lipinski definition) is 9. The summed E-state index contributed by atoms with van der Waals surface area (Å²) < 4.78 is 18.7. The number of imidazole rings is 1. The lowest BCUT2D eigenvalue weighted by Crippen LogP contribution is -2.32. The molecule has 13 nitrogen and oxygen atoms in total. The van der Waals surface area contributed by atoms with Crippen molar-refractivity contribution < 1.29 is 24.2 Å². The average Bonchev–Trinajstić information content (AvgIpc) is 3.22. The topological polar surface area (TPSA) is 205 Å². The van der Waals surface area contributed by atoms with E-state index in [1.165, 1.54) is 12.3 Å². The number of rotatable bonds is 8. The maximum absolute atomic E-state index is 11.4. The van der Waals surface area contributed by atoms with Crippen molar-refractivity contribution >= 4 is 41.2 Å². The first kappa shape index (κ1) is 27.2. The van der Waals surface area contributed by atoms with Gasteiger partial charge in [-0.05, 0) is 18.1 Å². The molecule has 0 aliphatic carbocycles. The van der Waals surface area contributed by atoms with Crippen LogP contribution in [0.15, 0.2) is 47.7 Å². The zero-order chi connectivity index (χ0) is 26.5. The summed E-state index contributed by atoms with van der Waals surface area (Å²) in [7, 11) is -4.31.